The van der Waals surface area contributed by atoms with Gasteiger partial charge in [0.05, 0.1) is 0 Å². The molecular weight excluding hydrogens is 236 g/mol. The van der Waals surface area contributed by atoms with Crippen molar-refractivity contribution in [3.63, 3.8) is 0 Å². The molecule has 0 aromatic heterocycles. The highest BCUT2D eigenvalue weighted by Gasteiger charge is 2.46. The van der Waals surface area contributed by atoms with Crippen LogP contribution in [-0.2, 0) is 4.79 Å². The summed E-state index contributed by atoms with van der Waals surface area (Å²) in [6, 6.07) is 10.4. The lowest BCUT2D eigenvalue weighted by Gasteiger charge is -2.16. The fourth-order valence-corrected chi connectivity index (χ4v) is 3.28. The lowest BCUT2D eigenvalue weighted by atomic mass is 10.1. The van der Waals surface area contributed by atoms with E-state index in [0.29, 0.717) is 17.7 Å². The molecule has 1 amide bonds. The Morgan fingerprint density at radius 3 is 2.84 bits per heavy atom. The Kier molecular flexibility index (Phi) is 3.56. The van der Waals surface area contributed by atoms with Crippen LogP contribution in [0.25, 0.3) is 0 Å². The highest BCUT2D eigenvalue weighted by atomic mass is 16.2. The predicted octanol–water partition coefficient (Wildman–Crippen LogP) is 1.99. The summed E-state index contributed by atoms with van der Waals surface area (Å²) in [4.78, 5) is 14.5. The molecule has 0 spiro atoms. The molecule has 2 aliphatic rings. The number of rotatable bonds is 4. The average Bonchev–Trinajstić information content (AvgIpc) is 3.12. The summed E-state index contributed by atoms with van der Waals surface area (Å²) >= 11 is 0. The van der Waals surface area contributed by atoms with Gasteiger partial charge in [-0.3, -0.25) is 4.79 Å². The number of carbonyl (C=O) groups is 1. The van der Waals surface area contributed by atoms with Crippen molar-refractivity contribution < 1.29 is 4.79 Å². The smallest absolute Gasteiger partial charge is 0.226 e. The SMILES string of the molecule is NCCC1CCN(C(=O)C2CC2c2ccccc2)C1. The van der Waals surface area contributed by atoms with E-state index in [0.717, 1.165) is 38.9 Å². The van der Waals surface area contributed by atoms with E-state index in [1.165, 1.54) is 5.56 Å². The number of likely N-dealkylation sites (tertiary alicyclic amines) is 1. The molecule has 19 heavy (non-hydrogen) atoms. The molecule has 102 valence electrons. The van der Waals surface area contributed by atoms with Crippen molar-refractivity contribution in [2.75, 3.05) is 19.6 Å². The number of carbonyl (C=O) groups excluding carboxylic acids is 1. The van der Waals surface area contributed by atoms with Gasteiger partial charge in [-0.25, -0.2) is 0 Å². The second-order valence-electron chi connectivity index (χ2n) is 5.88. The summed E-state index contributed by atoms with van der Waals surface area (Å²) < 4.78 is 0. The molecule has 2 N–H and O–H groups in total. The molecule has 1 aliphatic heterocycles. The molecular formula is C16H22N2O. The zero-order chi connectivity index (χ0) is 13.2. The molecule has 0 radical (unpaired) electrons. The maximum atomic E-state index is 12.4. The van der Waals surface area contributed by atoms with Gasteiger partial charge in [0.2, 0.25) is 5.91 Å². The first-order valence-corrected chi connectivity index (χ1v) is 7.33. The molecule has 1 aliphatic carbocycles. The van der Waals surface area contributed by atoms with Crippen LogP contribution < -0.4 is 5.73 Å². The highest BCUT2D eigenvalue weighted by Crippen LogP contribution is 2.48. The lowest BCUT2D eigenvalue weighted by Crippen LogP contribution is -2.30. The van der Waals surface area contributed by atoms with Gasteiger partial charge >= 0.3 is 0 Å². The average molecular weight is 258 g/mol. The fraction of sp³-hybridized carbons (Fsp3) is 0.562. The summed E-state index contributed by atoms with van der Waals surface area (Å²) in [5.41, 5.74) is 6.91. The Balaban J connectivity index is 1.56. The molecule has 1 aromatic rings. The van der Waals surface area contributed by atoms with Crippen LogP contribution in [0.1, 0.15) is 30.7 Å². The quantitative estimate of drug-likeness (QED) is 0.897. The Bertz CT molecular complexity index is 445. The molecule has 3 nitrogen and oxygen atoms in total. The van der Waals surface area contributed by atoms with Crippen LogP contribution >= 0.6 is 0 Å². The minimum Gasteiger partial charge on any atom is -0.342 e. The molecule has 0 bridgehead atoms. The Labute approximate surface area is 114 Å². The van der Waals surface area contributed by atoms with Crippen molar-refractivity contribution in [1.29, 1.82) is 0 Å². The topological polar surface area (TPSA) is 46.3 Å². The monoisotopic (exact) mass is 258 g/mol. The van der Waals surface area contributed by atoms with Crippen molar-refractivity contribution in [3.05, 3.63) is 35.9 Å². The van der Waals surface area contributed by atoms with Gasteiger partial charge in [-0.05, 0) is 43.2 Å². The normalized spacial score (nSPS) is 29.5. The standard InChI is InChI=1S/C16H22N2O/c17-8-6-12-7-9-18(11-12)16(19)15-10-14(15)13-4-2-1-3-5-13/h1-5,12,14-15H,6-11,17H2. The summed E-state index contributed by atoms with van der Waals surface area (Å²) in [5.74, 6) is 1.69. The summed E-state index contributed by atoms with van der Waals surface area (Å²) in [6.45, 7) is 2.60. The lowest BCUT2D eigenvalue weighted by molar-refractivity contribution is -0.131. The van der Waals surface area contributed by atoms with Crippen molar-refractivity contribution in [1.82, 2.24) is 4.90 Å². The number of amides is 1. The molecule has 3 heteroatoms. The minimum atomic E-state index is 0.235. The van der Waals surface area contributed by atoms with Gasteiger partial charge < -0.3 is 10.6 Å². The van der Waals surface area contributed by atoms with Crippen molar-refractivity contribution in [2.45, 2.75) is 25.2 Å². The Morgan fingerprint density at radius 1 is 1.32 bits per heavy atom. The fourth-order valence-electron chi connectivity index (χ4n) is 3.28. The van der Waals surface area contributed by atoms with Crippen LogP contribution in [0, 0.1) is 11.8 Å². The number of benzene rings is 1. The molecule has 1 saturated carbocycles. The van der Waals surface area contributed by atoms with Gasteiger partial charge in [0.1, 0.15) is 0 Å². The van der Waals surface area contributed by atoms with Gasteiger partial charge in [-0.2, -0.15) is 0 Å². The van der Waals surface area contributed by atoms with E-state index >= 15 is 0 Å². The van der Waals surface area contributed by atoms with E-state index in [1.807, 2.05) is 6.07 Å². The number of hydrogen-bond donors (Lipinski definition) is 1. The molecule has 3 unspecified atom stereocenters. The third-order valence-electron chi connectivity index (χ3n) is 4.51. The molecule has 1 heterocycles. The summed E-state index contributed by atoms with van der Waals surface area (Å²) in [6.07, 6.45) is 3.21. The zero-order valence-electron chi connectivity index (χ0n) is 11.3. The maximum absolute atomic E-state index is 12.4. The van der Waals surface area contributed by atoms with E-state index in [1.54, 1.807) is 0 Å². The van der Waals surface area contributed by atoms with Gasteiger partial charge in [-0.1, -0.05) is 30.3 Å². The zero-order valence-corrected chi connectivity index (χ0v) is 11.3. The van der Waals surface area contributed by atoms with Crippen LogP contribution in [0.5, 0.6) is 0 Å². The van der Waals surface area contributed by atoms with Crippen molar-refractivity contribution in [3.8, 4) is 0 Å². The Morgan fingerprint density at radius 2 is 2.11 bits per heavy atom. The van der Waals surface area contributed by atoms with Gasteiger partial charge in [-0.15, -0.1) is 0 Å². The molecule has 3 rings (SSSR count). The summed E-state index contributed by atoms with van der Waals surface area (Å²) in [7, 11) is 0. The van der Waals surface area contributed by atoms with Crippen LogP contribution in [0.3, 0.4) is 0 Å². The number of nitrogens with two attached hydrogens (primary N) is 1. The first-order valence-electron chi connectivity index (χ1n) is 7.33. The third-order valence-corrected chi connectivity index (χ3v) is 4.51. The number of hydrogen-bond acceptors (Lipinski definition) is 2. The van der Waals surface area contributed by atoms with Gasteiger partial charge in [0, 0.05) is 19.0 Å². The van der Waals surface area contributed by atoms with E-state index in [-0.39, 0.29) is 5.92 Å². The Hall–Kier alpha value is -1.35. The van der Waals surface area contributed by atoms with Crippen LogP contribution in [0.15, 0.2) is 30.3 Å². The van der Waals surface area contributed by atoms with E-state index < -0.39 is 0 Å². The van der Waals surface area contributed by atoms with E-state index in [9.17, 15) is 4.79 Å². The van der Waals surface area contributed by atoms with Crippen molar-refractivity contribution >= 4 is 5.91 Å². The molecule has 2 fully saturated rings. The maximum Gasteiger partial charge on any atom is 0.226 e. The first kappa shape index (κ1) is 12.7. The van der Waals surface area contributed by atoms with Gasteiger partial charge in [0.15, 0.2) is 0 Å². The summed E-state index contributed by atoms with van der Waals surface area (Å²) in [5, 5.41) is 0. The third kappa shape index (κ3) is 2.66. The van der Waals surface area contributed by atoms with Crippen molar-refractivity contribution in [2.24, 2.45) is 17.6 Å². The predicted molar refractivity (Wildman–Crippen MR) is 75.6 cm³/mol. The van der Waals surface area contributed by atoms with Crippen LogP contribution in [0.2, 0.25) is 0 Å². The molecule has 1 saturated heterocycles. The second-order valence-corrected chi connectivity index (χ2v) is 5.88. The van der Waals surface area contributed by atoms with Crippen LogP contribution in [0.4, 0.5) is 0 Å². The van der Waals surface area contributed by atoms with Crippen LogP contribution in [-0.4, -0.2) is 30.4 Å². The molecule has 1 aromatic carbocycles. The first-order chi connectivity index (χ1) is 9.29. The van der Waals surface area contributed by atoms with E-state index in [2.05, 4.69) is 29.2 Å². The van der Waals surface area contributed by atoms with E-state index in [4.69, 9.17) is 5.73 Å². The highest BCUT2D eigenvalue weighted by molar-refractivity contribution is 5.83. The number of nitrogens with zero attached hydrogens (tertiary/aromatic N) is 1. The van der Waals surface area contributed by atoms with Gasteiger partial charge in [0.25, 0.3) is 0 Å². The molecule has 3 atom stereocenters. The second kappa shape index (κ2) is 5.33. The largest absolute Gasteiger partial charge is 0.342 e. The minimum absolute atomic E-state index is 0.235.